The molecule has 0 saturated heterocycles. The lowest BCUT2D eigenvalue weighted by Gasteiger charge is -2.17. The average Bonchev–Trinajstić information content (AvgIpc) is 2.68. The molecule has 132 valence electrons. The van der Waals surface area contributed by atoms with Gasteiger partial charge in [-0.25, -0.2) is 8.78 Å². The van der Waals surface area contributed by atoms with Gasteiger partial charge in [0.1, 0.15) is 6.61 Å². The van der Waals surface area contributed by atoms with E-state index in [4.69, 9.17) is 9.47 Å². The summed E-state index contributed by atoms with van der Waals surface area (Å²) < 4.78 is 38.2. The van der Waals surface area contributed by atoms with Gasteiger partial charge < -0.3 is 9.47 Å². The summed E-state index contributed by atoms with van der Waals surface area (Å²) >= 11 is 0. The zero-order chi connectivity index (χ0) is 18.5. The van der Waals surface area contributed by atoms with Gasteiger partial charge in [0.25, 0.3) is 0 Å². The molecule has 5 heteroatoms. The third-order valence-corrected chi connectivity index (χ3v) is 3.93. The number of ether oxygens (including phenoxy) is 2. The van der Waals surface area contributed by atoms with E-state index >= 15 is 0 Å². The molecule has 0 aliphatic rings. The molecule has 3 aromatic carbocycles. The normalized spacial score (nSPS) is 10.4. The van der Waals surface area contributed by atoms with Crippen molar-refractivity contribution in [3.05, 3.63) is 83.4 Å². The zero-order valence-corrected chi connectivity index (χ0v) is 14.0. The highest BCUT2D eigenvalue weighted by molar-refractivity contribution is 5.86. The predicted octanol–water partition coefficient (Wildman–Crippen LogP) is 5.03. The summed E-state index contributed by atoms with van der Waals surface area (Å²) in [4.78, 5) is 11.3. The molecule has 0 unspecified atom stereocenters. The number of hydrogen-bond acceptors (Lipinski definition) is 3. The summed E-state index contributed by atoms with van der Waals surface area (Å²) in [6.07, 6.45) is 0.656. The summed E-state index contributed by atoms with van der Waals surface area (Å²) in [7, 11) is 1.42. The van der Waals surface area contributed by atoms with E-state index in [1.165, 1.54) is 13.2 Å². The van der Waals surface area contributed by atoms with Crippen LogP contribution in [0.1, 0.15) is 15.9 Å². The van der Waals surface area contributed by atoms with E-state index in [1.54, 1.807) is 12.1 Å². The van der Waals surface area contributed by atoms with Crippen LogP contribution in [-0.2, 0) is 6.61 Å². The van der Waals surface area contributed by atoms with Gasteiger partial charge in [-0.1, -0.05) is 36.4 Å². The van der Waals surface area contributed by atoms with Crippen molar-refractivity contribution in [1.82, 2.24) is 0 Å². The van der Waals surface area contributed by atoms with Gasteiger partial charge in [0.2, 0.25) is 0 Å². The van der Waals surface area contributed by atoms with Crippen molar-refractivity contribution < 1.29 is 23.0 Å². The first-order chi connectivity index (χ1) is 12.6. The molecule has 0 fully saturated rings. The minimum Gasteiger partial charge on any atom is -0.492 e. The number of methoxy groups -OCH3 is 1. The molecule has 0 spiro atoms. The molecular weight excluding hydrogens is 338 g/mol. The Morgan fingerprint density at radius 3 is 2.35 bits per heavy atom. The molecule has 0 amide bonds. The highest BCUT2D eigenvalue weighted by Crippen LogP contribution is 2.41. The fourth-order valence-electron chi connectivity index (χ4n) is 2.65. The Balaban J connectivity index is 2.08. The van der Waals surface area contributed by atoms with Crippen LogP contribution in [-0.4, -0.2) is 13.4 Å². The summed E-state index contributed by atoms with van der Waals surface area (Å²) in [6, 6.07) is 16.2. The Hall–Kier alpha value is -3.21. The fraction of sp³-hybridized carbons (Fsp3) is 0.0952. The molecule has 3 rings (SSSR count). The van der Waals surface area contributed by atoms with Crippen LogP contribution in [0.25, 0.3) is 11.1 Å². The number of benzene rings is 3. The lowest BCUT2D eigenvalue weighted by molar-refractivity contribution is 0.111. The van der Waals surface area contributed by atoms with Crippen molar-refractivity contribution in [2.45, 2.75) is 6.61 Å². The van der Waals surface area contributed by atoms with Gasteiger partial charge in [-0.2, -0.15) is 0 Å². The van der Waals surface area contributed by atoms with Crippen LogP contribution in [0.2, 0.25) is 0 Å². The molecule has 0 radical (unpaired) electrons. The number of halogens is 2. The van der Waals surface area contributed by atoms with Crippen LogP contribution in [0, 0.1) is 11.6 Å². The Kier molecular flexibility index (Phi) is 5.27. The van der Waals surface area contributed by atoms with Crippen LogP contribution in [0.3, 0.4) is 0 Å². The highest BCUT2D eigenvalue weighted by Gasteiger charge is 2.18. The Bertz CT molecular complexity index is 924. The molecule has 3 aromatic rings. The Morgan fingerprint density at radius 1 is 0.923 bits per heavy atom. The smallest absolute Gasteiger partial charge is 0.171 e. The van der Waals surface area contributed by atoms with Crippen LogP contribution in [0.4, 0.5) is 8.78 Å². The second-order valence-electron chi connectivity index (χ2n) is 5.59. The van der Waals surface area contributed by atoms with E-state index in [2.05, 4.69) is 0 Å². The Morgan fingerprint density at radius 2 is 1.69 bits per heavy atom. The van der Waals surface area contributed by atoms with Crippen molar-refractivity contribution in [2.24, 2.45) is 0 Å². The van der Waals surface area contributed by atoms with E-state index in [1.807, 2.05) is 30.3 Å². The molecular formula is C21H16F2O3. The maximum absolute atomic E-state index is 13.7. The molecule has 0 saturated carbocycles. The van der Waals surface area contributed by atoms with Gasteiger partial charge in [-0.15, -0.1) is 0 Å². The maximum atomic E-state index is 13.7. The predicted molar refractivity (Wildman–Crippen MR) is 94.5 cm³/mol. The quantitative estimate of drug-likeness (QED) is 0.582. The third-order valence-electron chi connectivity index (χ3n) is 3.93. The first-order valence-corrected chi connectivity index (χ1v) is 7.92. The summed E-state index contributed by atoms with van der Waals surface area (Å²) in [5.41, 5.74) is 2.15. The third kappa shape index (κ3) is 3.57. The number of rotatable bonds is 6. The largest absolute Gasteiger partial charge is 0.492 e. The number of carbonyl (C=O) groups is 1. The van der Waals surface area contributed by atoms with Crippen LogP contribution in [0.15, 0.2) is 60.7 Å². The van der Waals surface area contributed by atoms with E-state index in [0.29, 0.717) is 28.7 Å². The van der Waals surface area contributed by atoms with Gasteiger partial charge in [-0.05, 0) is 35.4 Å². The maximum Gasteiger partial charge on any atom is 0.171 e. The van der Waals surface area contributed by atoms with Crippen molar-refractivity contribution >= 4 is 6.29 Å². The number of carbonyl (C=O) groups excluding carboxylic acids is 1. The van der Waals surface area contributed by atoms with Gasteiger partial charge in [-0.3, -0.25) is 4.79 Å². The van der Waals surface area contributed by atoms with E-state index in [-0.39, 0.29) is 12.4 Å². The summed E-state index contributed by atoms with van der Waals surface area (Å²) in [5, 5.41) is 0. The highest BCUT2D eigenvalue weighted by atomic mass is 19.2. The van der Waals surface area contributed by atoms with Crippen LogP contribution in [0.5, 0.6) is 11.5 Å². The van der Waals surface area contributed by atoms with Gasteiger partial charge in [0.15, 0.2) is 29.4 Å². The van der Waals surface area contributed by atoms with E-state index in [9.17, 15) is 13.6 Å². The molecule has 0 atom stereocenters. The monoisotopic (exact) mass is 354 g/mol. The first-order valence-electron chi connectivity index (χ1n) is 7.92. The lowest BCUT2D eigenvalue weighted by Crippen LogP contribution is -2.02. The summed E-state index contributed by atoms with van der Waals surface area (Å²) in [6.45, 7) is 0.232. The minimum absolute atomic E-state index is 0.232. The topological polar surface area (TPSA) is 35.5 Å². The lowest BCUT2D eigenvalue weighted by atomic mass is 10.0. The summed E-state index contributed by atoms with van der Waals surface area (Å²) in [5.74, 6) is -1.35. The molecule has 0 aliphatic heterocycles. The number of hydrogen-bond donors (Lipinski definition) is 0. The van der Waals surface area contributed by atoms with Gasteiger partial charge >= 0.3 is 0 Å². The molecule has 0 heterocycles. The molecule has 26 heavy (non-hydrogen) atoms. The second-order valence-corrected chi connectivity index (χ2v) is 5.59. The van der Waals surface area contributed by atoms with Crippen LogP contribution >= 0.6 is 0 Å². The second kappa shape index (κ2) is 7.78. The molecule has 3 nitrogen and oxygen atoms in total. The molecule has 0 bridgehead atoms. The first kappa shape index (κ1) is 17.6. The zero-order valence-electron chi connectivity index (χ0n) is 14.0. The van der Waals surface area contributed by atoms with Crippen molar-refractivity contribution in [1.29, 1.82) is 0 Å². The van der Waals surface area contributed by atoms with Crippen LogP contribution < -0.4 is 9.47 Å². The van der Waals surface area contributed by atoms with Crippen molar-refractivity contribution in [3.63, 3.8) is 0 Å². The van der Waals surface area contributed by atoms with Crippen molar-refractivity contribution in [2.75, 3.05) is 7.11 Å². The fourth-order valence-corrected chi connectivity index (χ4v) is 2.65. The van der Waals surface area contributed by atoms with Gasteiger partial charge in [0, 0.05) is 5.56 Å². The Labute approximate surface area is 149 Å². The van der Waals surface area contributed by atoms with E-state index < -0.39 is 11.6 Å². The molecule has 0 aromatic heterocycles. The van der Waals surface area contributed by atoms with Crippen molar-refractivity contribution in [3.8, 4) is 22.6 Å². The standard InChI is InChI=1S/C21H16F2O3/c1-25-20-16(12-24)7-9-17(15-8-10-18(22)19(23)11-15)21(20)26-13-14-5-3-2-4-6-14/h2-12H,13H2,1H3. The number of aldehydes is 1. The molecule has 0 aliphatic carbocycles. The minimum atomic E-state index is -0.963. The van der Waals surface area contributed by atoms with Gasteiger partial charge in [0.05, 0.1) is 12.7 Å². The average molecular weight is 354 g/mol. The molecule has 0 N–H and O–H groups in total. The van der Waals surface area contributed by atoms with E-state index in [0.717, 1.165) is 17.7 Å². The SMILES string of the molecule is COc1c(C=O)ccc(-c2ccc(F)c(F)c2)c1OCc1ccccc1.